The van der Waals surface area contributed by atoms with Crippen molar-refractivity contribution in [1.82, 2.24) is 10.6 Å². The summed E-state index contributed by atoms with van der Waals surface area (Å²) in [5.74, 6) is 0.184. The van der Waals surface area contributed by atoms with Crippen LogP contribution in [0, 0.1) is 13.8 Å². The predicted octanol–water partition coefficient (Wildman–Crippen LogP) is 6.29. The topological polar surface area (TPSA) is 41.1 Å². The largest absolute Gasteiger partial charge is 0.308 e. The Labute approximate surface area is 194 Å². The summed E-state index contributed by atoms with van der Waals surface area (Å²) >= 11 is 0. The molecule has 0 spiro atoms. The van der Waals surface area contributed by atoms with Crippen molar-refractivity contribution >= 4 is 5.78 Å². The Kier molecular flexibility index (Phi) is 6.88. The number of rotatable bonds is 8. The normalized spacial score (nSPS) is 19.4. The number of ketones is 1. The molecule has 0 radical (unpaired) electrons. The first-order valence-corrected chi connectivity index (χ1v) is 12.7. The van der Waals surface area contributed by atoms with Crippen LogP contribution >= 0.6 is 0 Å². The van der Waals surface area contributed by atoms with Gasteiger partial charge in [-0.15, -0.1) is 0 Å². The molecule has 32 heavy (non-hydrogen) atoms. The van der Waals surface area contributed by atoms with Crippen molar-refractivity contribution in [3.05, 3.63) is 69.8 Å². The van der Waals surface area contributed by atoms with Gasteiger partial charge in [0.05, 0.1) is 0 Å². The molecule has 0 unspecified atom stereocenters. The second-order valence-corrected chi connectivity index (χ2v) is 10.1. The van der Waals surface area contributed by atoms with E-state index >= 15 is 0 Å². The van der Waals surface area contributed by atoms with Crippen molar-refractivity contribution in [2.24, 2.45) is 0 Å². The summed E-state index contributed by atoms with van der Waals surface area (Å²) in [5, 5.41) is 7.58. The lowest BCUT2D eigenvalue weighted by molar-refractivity contribution is 0.103. The van der Waals surface area contributed by atoms with Gasteiger partial charge in [-0.1, -0.05) is 87.1 Å². The summed E-state index contributed by atoms with van der Waals surface area (Å²) in [6, 6.07) is 12.9. The minimum Gasteiger partial charge on any atom is -0.308 e. The van der Waals surface area contributed by atoms with Crippen LogP contribution in [-0.4, -0.2) is 18.9 Å². The Morgan fingerprint density at radius 3 is 1.44 bits per heavy atom. The molecule has 2 aliphatic carbocycles. The Hall–Kier alpha value is -1.97. The number of benzene rings is 2. The van der Waals surface area contributed by atoms with E-state index in [9.17, 15) is 4.79 Å². The van der Waals surface area contributed by atoms with Crippen molar-refractivity contribution < 1.29 is 4.79 Å². The number of carbonyl (C=O) groups excluding carboxylic acids is 1. The van der Waals surface area contributed by atoms with E-state index in [0.717, 1.165) is 49.9 Å². The summed E-state index contributed by atoms with van der Waals surface area (Å²) < 4.78 is 0. The van der Waals surface area contributed by atoms with Gasteiger partial charge in [0.25, 0.3) is 0 Å². The molecule has 0 saturated heterocycles. The van der Waals surface area contributed by atoms with E-state index in [1.807, 2.05) is 0 Å². The van der Waals surface area contributed by atoms with Gasteiger partial charge < -0.3 is 10.6 Å². The van der Waals surface area contributed by atoms with Crippen LogP contribution in [0.3, 0.4) is 0 Å². The quantitative estimate of drug-likeness (QED) is 0.482. The Bertz CT molecular complexity index is 888. The Morgan fingerprint density at radius 1 is 0.719 bits per heavy atom. The van der Waals surface area contributed by atoms with Crippen LogP contribution in [0.2, 0.25) is 0 Å². The molecule has 0 bridgehead atoms. The lowest BCUT2D eigenvalue weighted by atomic mass is 9.78. The smallest absolute Gasteiger partial charge is 0.193 e. The van der Waals surface area contributed by atoms with Gasteiger partial charge in [-0.2, -0.15) is 0 Å². The molecule has 2 aromatic carbocycles. The minimum atomic E-state index is -0.0800. The van der Waals surface area contributed by atoms with Crippen LogP contribution in [0.4, 0.5) is 0 Å². The molecule has 2 aromatic rings. The number of nitrogens with one attached hydrogen (secondary N) is 2. The highest BCUT2D eigenvalue weighted by molar-refractivity contribution is 6.11. The predicted molar refractivity (Wildman–Crippen MR) is 133 cm³/mol. The van der Waals surface area contributed by atoms with E-state index in [2.05, 4.69) is 74.7 Å². The van der Waals surface area contributed by atoms with Gasteiger partial charge in [0.15, 0.2) is 5.78 Å². The fraction of sp³-hybridized carbons (Fsp3) is 0.552. The SMILES string of the molecule is CCNC1(c2cc(C)ccc2C(=O)c2ccc(C)cc2C2(NCC)CCCC2)CCCC1. The monoisotopic (exact) mass is 432 g/mol. The van der Waals surface area contributed by atoms with Gasteiger partial charge in [-0.3, -0.25) is 4.79 Å². The average Bonchev–Trinajstić information content (AvgIpc) is 3.45. The van der Waals surface area contributed by atoms with Gasteiger partial charge in [0.1, 0.15) is 0 Å². The van der Waals surface area contributed by atoms with Crippen molar-refractivity contribution in [3.8, 4) is 0 Å². The van der Waals surface area contributed by atoms with Crippen LogP contribution < -0.4 is 10.6 Å². The van der Waals surface area contributed by atoms with Gasteiger partial charge >= 0.3 is 0 Å². The van der Waals surface area contributed by atoms with Gasteiger partial charge in [0.2, 0.25) is 0 Å². The molecule has 2 N–H and O–H groups in total. The summed E-state index contributed by atoms with van der Waals surface area (Å²) in [6.07, 6.45) is 9.28. The summed E-state index contributed by atoms with van der Waals surface area (Å²) in [7, 11) is 0. The maximum Gasteiger partial charge on any atom is 0.193 e. The Morgan fingerprint density at radius 2 is 1.09 bits per heavy atom. The molecule has 2 aliphatic rings. The summed E-state index contributed by atoms with van der Waals surface area (Å²) in [6.45, 7) is 10.5. The molecular weight excluding hydrogens is 392 g/mol. The van der Waals surface area contributed by atoms with Crippen LogP contribution in [-0.2, 0) is 11.1 Å². The maximum absolute atomic E-state index is 14.3. The molecule has 3 nitrogen and oxygen atoms in total. The molecule has 0 amide bonds. The highest BCUT2D eigenvalue weighted by Gasteiger charge is 2.40. The third-order valence-electron chi connectivity index (χ3n) is 7.82. The molecule has 172 valence electrons. The van der Waals surface area contributed by atoms with Gasteiger partial charge in [0, 0.05) is 22.2 Å². The highest BCUT2D eigenvalue weighted by Crippen LogP contribution is 2.43. The zero-order valence-corrected chi connectivity index (χ0v) is 20.4. The second kappa shape index (κ2) is 9.49. The lowest BCUT2D eigenvalue weighted by Crippen LogP contribution is -2.42. The molecular formula is C29H40N2O. The lowest BCUT2D eigenvalue weighted by Gasteiger charge is -2.35. The second-order valence-electron chi connectivity index (χ2n) is 10.1. The molecule has 2 saturated carbocycles. The number of aryl methyl sites for hydroxylation is 2. The van der Waals surface area contributed by atoms with Crippen molar-refractivity contribution in [3.63, 3.8) is 0 Å². The minimum absolute atomic E-state index is 0.0800. The van der Waals surface area contributed by atoms with E-state index in [-0.39, 0.29) is 16.9 Å². The first-order chi connectivity index (χ1) is 15.4. The van der Waals surface area contributed by atoms with Crippen LogP contribution in [0.25, 0.3) is 0 Å². The number of hydrogen-bond acceptors (Lipinski definition) is 3. The van der Waals surface area contributed by atoms with E-state index in [0.29, 0.717) is 0 Å². The van der Waals surface area contributed by atoms with Crippen LogP contribution in [0.1, 0.15) is 103 Å². The standard InChI is InChI=1S/C29H40N2O/c1-5-30-28(15-7-8-16-28)25-19-21(3)11-13-23(25)27(32)24-14-12-22(4)20-26(24)29(31-6-2)17-9-10-18-29/h11-14,19-20,30-31H,5-10,15-18H2,1-4H3. The molecule has 0 atom stereocenters. The third kappa shape index (κ3) is 4.18. The molecule has 0 aromatic heterocycles. The van der Waals surface area contributed by atoms with Crippen molar-refractivity contribution in [1.29, 1.82) is 0 Å². The molecule has 3 heteroatoms. The van der Waals surface area contributed by atoms with E-state index in [1.54, 1.807) is 0 Å². The van der Waals surface area contributed by atoms with Crippen LogP contribution in [0.15, 0.2) is 36.4 Å². The van der Waals surface area contributed by atoms with E-state index in [1.165, 1.54) is 47.9 Å². The average molecular weight is 433 g/mol. The molecule has 0 aliphatic heterocycles. The number of carbonyl (C=O) groups is 1. The number of hydrogen-bond donors (Lipinski definition) is 2. The summed E-state index contributed by atoms with van der Waals surface area (Å²) in [5.41, 5.74) is 6.47. The summed E-state index contributed by atoms with van der Waals surface area (Å²) in [4.78, 5) is 14.3. The first kappa shape index (κ1) is 23.2. The van der Waals surface area contributed by atoms with Gasteiger partial charge in [-0.05, 0) is 63.7 Å². The molecule has 4 rings (SSSR count). The van der Waals surface area contributed by atoms with Gasteiger partial charge in [-0.25, -0.2) is 0 Å². The first-order valence-electron chi connectivity index (χ1n) is 12.7. The zero-order chi connectivity index (χ0) is 22.8. The Balaban J connectivity index is 1.85. The molecule has 2 fully saturated rings. The van der Waals surface area contributed by atoms with Crippen molar-refractivity contribution in [2.75, 3.05) is 13.1 Å². The van der Waals surface area contributed by atoms with Crippen molar-refractivity contribution in [2.45, 2.75) is 90.1 Å². The third-order valence-corrected chi connectivity index (χ3v) is 7.82. The fourth-order valence-corrected chi connectivity index (χ4v) is 6.37. The molecule has 0 heterocycles. The fourth-order valence-electron chi connectivity index (χ4n) is 6.37. The van der Waals surface area contributed by atoms with E-state index in [4.69, 9.17) is 0 Å². The zero-order valence-electron chi connectivity index (χ0n) is 20.4. The highest BCUT2D eigenvalue weighted by atomic mass is 16.1. The van der Waals surface area contributed by atoms with Crippen LogP contribution in [0.5, 0.6) is 0 Å². The maximum atomic E-state index is 14.3. The van der Waals surface area contributed by atoms with E-state index < -0.39 is 0 Å².